The first-order chi connectivity index (χ1) is 23.4. The number of hydrogen-bond donors (Lipinski definition) is 5. The van der Waals surface area contributed by atoms with Crippen molar-refractivity contribution in [2.45, 2.75) is 95.3 Å². The van der Waals surface area contributed by atoms with Crippen molar-refractivity contribution in [2.75, 3.05) is 13.2 Å². The molecule has 4 amide bonds. The maximum atomic E-state index is 14.1. The fraction of sp³-hybridized carbons (Fsp3) is 0.474. The van der Waals surface area contributed by atoms with Crippen LogP contribution in [-0.4, -0.2) is 54.9 Å². The number of nitrogens with two attached hydrogens (primary N) is 1. The number of hydrogen-bond acceptors (Lipinski definition) is 6. The zero-order valence-corrected chi connectivity index (χ0v) is 27.8. The Labute approximate surface area is 282 Å². The number of para-hydroxylation sites is 1. The number of amides is 4. The van der Waals surface area contributed by atoms with Gasteiger partial charge in [-0.05, 0) is 67.0 Å². The quantitative estimate of drug-likeness (QED) is 0.155. The van der Waals surface area contributed by atoms with E-state index in [1.165, 1.54) is 0 Å². The Hall–Kier alpha value is -4.44. The summed E-state index contributed by atoms with van der Waals surface area (Å²) in [6.45, 7) is 2.71. The maximum absolute atomic E-state index is 14.1. The Balaban J connectivity index is 1.32. The van der Waals surface area contributed by atoms with E-state index >= 15 is 0 Å². The number of unbranched alkanes of at least 4 members (excludes halogenated alkanes) is 1. The molecule has 0 radical (unpaired) electrons. The second-order valence-electron chi connectivity index (χ2n) is 13.0. The number of carbonyl (C=O) groups excluding carboxylic acids is 4. The van der Waals surface area contributed by atoms with E-state index in [9.17, 15) is 19.2 Å². The molecule has 0 unspecified atom stereocenters. The standard InChI is InChI=1S/C38H49N5O5/c1-2-34(44)40-32(24-25-18-19-26-11-3-6-14-28(26)23-25)37(46)43-35(27-12-4-5-13-27)38(47)42-31(16-9-10-21-39)36(45)41-30-20-22-48-33-17-8-7-15-29(30)33/h3,6-8,11,14-15,17-19,23,27,30-32,35H,2,4-5,9-10,12-13,16,20-22,24,39H2,1H3,(H,40,44)(H,41,45)(H,42,47)(H,43,46)/t30-,31+,32+,35+/m1/s1. The Kier molecular flexibility index (Phi) is 12.4. The highest BCUT2D eigenvalue weighted by molar-refractivity contribution is 5.95. The number of fused-ring (bicyclic) bond motifs is 2. The number of nitrogens with one attached hydrogen (secondary N) is 4. The first-order valence-corrected chi connectivity index (χ1v) is 17.5. The lowest BCUT2D eigenvalue weighted by atomic mass is 9.95. The zero-order chi connectivity index (χ0) is 33.9. The van der Waals surface area contributed by atoms with Gasteiger partial charge in [-0.15, -0.1) is 0 Å². The molecule has 0 spiro atoms. The molecule has 10 nitrogen and oxygen atoms in total. The van der Waals surface area contributed by atoms with E-state index in [0.717, 1.165) is 59.8 Å². The number of carbonyl (C=O) groups is 4. The Morgan fingerprint density at radius 1 is 0.812 bits per heavy atom. The molecule has 6 N–H and O–H groups in total. The lowest BCUT2D eigenvalue weighted by Gasteiger charge is -2.30. The van der Waals surface area contributed by atoms with Crippen molar-refractivity contribution >= 4 is 34.4 Å². The zero-order valence-electron chi connectivity index (χ0n) is 27.8. The van der Waals surface area contributed by atoms with Crippen molar-refractivity contribution in [2.24, 2.45) is 11.7 Å². The topological polar surface area (TPSA) is 152 Å². The third kappa shape index (κ3) is 9.13. The summed E-state index contributed by atoms with van der Waals surface area (Å²) in [4.78, 5) is 54.3. The van der Waals surface area contributed by atoms with Crippen molar-refractivity contribution in [3.8, 4) is 5.75 Å². The van der Waals surface area contributed by atoms with Gasteiger partial charge in [-0.2, -0.15) is 0 Å². The van der Waals surface area contributed by atoms with Gasteiger partial charge in [0.05, 0.1) is 12.6 Å². The molecule has 48 heavy (non-hydrogen) atoms. The van der Waals surface area contributed by atoms with E-state index in [0.29, 0.717) is 32.4 Å². The SMILES string of the molecule is CCC(=O)N[C@@H](Cc1ccc2ccccc2c1)C(=O)N[C@H](C(=O)N[C@@H](CCCCN)C(=O)N[C@@H]1CCOc2ccccc21)C1CCCC1. The molecule has 10 heteroatoms. The molecule has 0 saturated heterocycles. The fourth-order valence-corrected chi connectivity index (χ4v) is 6.84. The van der Waals surface area contributed by atoms with Gasteiger partial charge in [0, 0.05) is 24.8 Å². The van der Waals surface area contributed by atoms with Crippen LogP contribution in [0.3, 0.4) is 0 Å². The van der Waals surface area contributed by atoms with Gasteiger partial charge < -0.3 is 31.7 Å². The summed E-state index contributed by atoms with van der Waals surface area (Å²) in [6, 6.07) is 18.9. The van der Waals surface area contributed by atoms with Crippen molar-refractivity contribution in [1.82, 2.24) is 21.3 Å². The normalized spacial score (nSPS) is 17.8. The first kappa shape index (κ1) is 34.9. The number of benzene rings is 3. The molecule has 1 heterocycles. The van der Waals surface area contributed by atoms with Gasteiger partial charge in [0.1, 0.15) is 23.9 Å². The van der Waals surface area contributed by atoms with Crippen LogP contribution in [0.15, 0.2) is 66.7 Å². The molecule has 3 aromatic rings. The van der Waals surface area contributed by atoms with Crippen molar-refractivity contribution < 1.29 is 23.9 Å². The average Bonchev–Trinajstić information content (AvgIpc) is 3.64. The van der Waals surface area contributed by atoms with Crippen molar-refractivity contribution in [1.29, 1.82) is 0 Å². The predicted molar refractivity (Wildman–Crippen MR) is 186 cm³/mol. The van der Waals surface area contributed by atoms with Gasteiger partial charge >= 0.3 is 0 Å². The van der Waals surface area contributed by atoms with Crippen LogP contribution in [0.2, 0.25) is 0 Å². The van der Waals surface area contributed by atoms with Crippen LogP contribution in [0.1, 0.15) is 81.9 Å². The monoisotopic (exact) mass is 655 g/mol. The summed E-state index contributed by atoms with van der Waals surface area (Å²) in [6.07, 6.45) is 6.42. The largest absolute Gasteiger partial charge is 0.493 e. The second-order valence-corrected chi connectivity index (χ2v) is 13.0. The van der Waals surface area contributed by atoms with E-state index in [2.05, 4.69) is 21.3 Å². The van der Waals surface area contributed by atoms with Crippen LogP contribution in [0.25, 0.3) is 10.8 Å². The van der Waals surface area contributed by atoms with Gasteiger partial charge in [0.2, 0.25) is 23.6 Å². The van der Waals surface area contributed by atoms with Crippen LogP contribution >= 0.6 is 0 Å². The van der Waals surface area contributed by atoms with Gasteiger partial charge in [0.25, 0.3) is 0 Å². The third-order valence-corrected chi connectivity index (χ3v) is 9.53. The Morgan fingerprint density at radius 2 is 1.56 bits per heavy atom. The summed E-state index contributed by atoms with van der Waals surface area (Å²) in [5.41, 5.74) is 7.57. The van der Waals surface area contributed by atoms with Crippen LogP contribution in [0.4, 0.5) is 0 Å². The van der Waals surface area contributed by atoms with Gasteiger partial charge in [-0.1, -0.05) is 80.4 Å². The smallest absolute Gasteiger partial charge is 0.243 e. The van der Waals surface area contributed by atoms with Crippen molar-refractivity contribution in [3.63, 3.8) is 0 Å². The van der Waals surface area contributed by atoms with Crippen LogP contribution in [0.5, 0.6) is 5.75 Å². The maximum Gasteiger partial charge on any atom is 0.243 e. The molecule has 1 saturated carbocycles. The minimum atomic E-state index is -0.868. The van der Waals surface area contributed by atoms with E-state index in [1.54, 1.807) is 6.92 Å². The molecule has 0 bridgehead atoms. The summed E-state index contributed by atoms with van der Waals surface area (Å²) < 4.78 is 5.77. The lowest BCUT2D eigenvalue weighted by Crippen LogP contribution is -2.59. The van der Waals surface area contributed by atoms with Crippen LogP contribution < -0.4 is 31.7 Å². The Morgan fingerprint density at radius 3 is 2.33 bits per heavy atom. The van der Waals surface area contributed by atoms with E-state index < -0.39 is 24.0 Å². The molecular weight excluding hydrogens is 606 g/mol. The molecule has 0 aromatic heterocycles. The van der Waals surface area contributed by atoms with Crippen LogP contribution in [-0.2, 0) is 25.6 Å². The summed E-state index contributed by atoms with van der Waals surface area (Å²) in [5.74, 6) is -0.656. The molecule has 1 aliphatic carbocycles. The number of rotatable bonds is 15. The first-order valence-electron chi connectivity index (χ1n) is 17.5. The number of ether oxygens (including phenoxy) is 1. The highest BCUT2D eigenvalue weighted by Gasteiger charge is 2.36. The van der Waals surface area contributed by atoms with E-state index in [-0.39, 0.29) is 42.5 Å². The predicted octanol–water partition coefficient (Wildman–Crippen LogP) is 4.21. The molecule has 1 fully saturated rings. The van der Waals surface area contributed by atoms with E-state index in [1.807, 2.05) is 66.7 Å². The summed E-state index contributed by atoms with van der Waals surface area (Å²) in [5, 5.41) is 14.2. The highest BCUT2D eigenvalue weighted by Crippen LogP contribution is 2.32. The minimum absolute atomic E-state index is 0.0766. The molecule has 4 atom stereocenters. The van der Waals surface area contributed by atoms with Crippen LogP contribution in [0, 0.1) is 5.92 Å². The molecule has 2 aliphatic rings. The molecule has 3 aromatic carbocycles. The highest BCUT2D eigenvalue weighted by atomic mass is 16.5. The lowest BCUT2D eigenvalue weighted by molar-refractivity contribution is -0.135. The molecular formula is C38H49N5O5. The second kappa shape index (κ2) is 17.1. The van der Waals surface area contributed by atoms with Gasteiger partial charge in [-0.25, -0.2) is 0 Å². The molecule has 256 valence electrons. The molecule has 5 rings (SSSR count). The summed E-state index contributed by atoms with van der Waals surface area (Å²) >= 11 is 0. The minimum Gasteiger partial charge on any atom is -0.493 e. The van der Waals surface area contributed by atoms with Gasteiger partial charge in [0.15, 0.2) is 0 Å². The van der Waals surface area contributed by atoms with E-state index in [4.69, 9.17) is 10.5 Å². The van der Waals surface area contributed by atoms with Gasteiger partial charge in [-0.3, -0.25) is 19.2 Å². The van der Waals surface area contributed by atoms with Crippen molar-refractivity contribution in [3.05, 3.63) is 77.9 Å². The third-order valence-electron chi connectivity index (χ3n) is 9.53. The fourth-order valence-electron chi connectivity index (χ4n) is 6.84. The molecule has 1 aliphatic heterocycles. The Bertz CT molecular complexity index is 1570. The average molecular weight is 656 g/mol. The summed E-state index contributed by atoms with van der Waals surface area (Å²) in [7, 11) is 0.